The molecule has 3 heteroatoms. The summed E-state index contributed by atoms with van der Waals surface area (Å²) in [7, 11) is 0. The van der Waals surface area contributed by atoms with E-state index in [0.717, 1.165) is 0 Å². The molecule has 1 atom stereocenters. The largest absolute Gasteiger partial charge is 0.355 e. The maximum Gasteiger partial charge on any atom is 0.222 e. The highest BCUT2D eigenvalue weighted by atomic mass is 16.1. The summed E-state index contributed by atoms with van der Waals surface area (Å²) >= 11 is 0. The fraction of sp³-hybridized carbons (Fsp3) is 0.750. The van der Waals surface area contributed by atoms with Crippen LogP contribution in [0.5, 0.6) is 0 Å². The molecule has 0 rings (SSSR count). The molecule has 0 heterocycles. The number of carbonyl (C=O) groups is 1. The van der Waals surface area contributed by atoms with Gasteiger partial charge in [0.1, 0.15) is 0 Å². The molecule has 11 heavy (non-hydrogen) atoms. The summed E-state index contributed by atoms with van der Waals surface area (Å²) in [5.74, 6) is -0.0920. The van der Waals surface area contributed by atoms with Crippen LogP contribution in [0.4, 0.5) is 0 Å². The van der Waals surface area contributed by atoms with Gasteiger partial charge in [-0.1, -0.05) is 13.8 Å². The van der Waals surface area contributed by atoms with E-state index in [1.54, 1.807) is 6.92 Å². The second kappa shape index (κ2) is 4.73. The molecule has 0 saturated heterocycles. The number of amides is 1. The zero-order valence-corrected chi connectivity index (χ0v) is 7.22. The van der Waals surface area contributed by atoms with E-state index >= 15 is 0 Å². The van der Waals surface area contributed by atoms with Crippen molar-refractivity contribution in [3.8, 4) is 6.07 Å². The lowest BCUT2D eigenvalue weighted by Crippen LogP contribution is -2.31. The lowest BCUT2D eigenvalue weighted by atomic mass is 10.2. The van der Waals surface area contributed by atoms with Gasteiger partial charge >= 0.3 is 0 Å². The first-order valence-corrected chi connectivity index (χ1v) is 3.75. The number of hydrogen-bond donors (Lipinski definition) is 1. The Morgan fingerprint density at radius 3 is 2.45 bits per heavy atom. The monoisotopic (exact) mass is 154 g/mol. The molecule has 62 valence electrons. The van der Waals surface area contributed by atoms with Crippen LogP contribution >= 0.6 is 0 Å². The summed E-state index contributed by atoms with van der Waals surface area (Å²) in [5.41, 5.74) is 0. The lowest BCUT2D eigenvalue weighted by molar-refractivity contribution is -0.124. The minimum atomic E-state index is -0.0994. The quantitative estimate of drug-likeness (QED) is 0.657. The van der Waals surface area contributed by atoms with Crippen molar-refractivity contribution < 1.29 is 4.79 Å². The molecular weight excluding hydrogens is 140 g/mol. The van der Waals surface area contributed by atoms with Gasteiger partial charge < -0.3 is 5.32 Å². The van der Waals surface area contributed by atoms with E-state index in [9.17, 15) is 4.79 Å². The number of nitriles is 1. The molecule has 0 fully saturated rings. The van der Waals surface area contributed by atoms with Crippen LogP contribution < -0.4 is 5.32 Å². The topological polar surface area (TPSA) is 52.9 Å². The van der Waals surface area contributed by atoms with Crippen LogP contribution in [0.15, 0.2) is 0 Å². The van der Waals surface area contributed by atoms with Crippen molar-refractivity contribution in [2.45, 2.75) is 20.8 Å². The molecule has 0 aromatic rings. The van der Waals surface area contributed by atoms with E-state index in [4.69, 9.17) is 5.26 Å². The molecule has 0 spiro atoms. The highest BCUT2D eigenvalue weighted by molar-refractivity contribution is 5.77. The van der Waals surface area contributed by atoms with E-state index in [1.807, 2.05) is 19.9 Å². The Bertz CT molecular complexity index is 169. The van der Waals surface area contributed by atoms with Gasteiger partial charge in [-0.2, -0.15) is 5.26 Å². The molecule has 0 aliphatic rings. The Morgan fingerprint density at radius 2 is 2.09 bits per heavy atom. The fourth-order valence-corrected chi connectivity index (χ4v) is 0.503. The first-order chi connectivity index (χ1) is 5.07. The maximum atomic E-state index is 10.9. The molecule has 0 radical (unpaired) electrons. The average Bonchev–Trinajstić information content (AvgIpc) is 1.99. The standard InChI is InChI=1S/C8H14N2O/c1-6(2)8(11)10-5-7(3)4-9/h6-7H,5H2,1-3H3,(H,10,11). The van der Waals surface area contributed by atoms with Gasteiger partial charge in [-0.15, -0.1) is 0 Å². The molecule has 0 saturated carbocycles. The maximum absolute atomic E-state index is 10.9. The van der Waals surface area contributed by atoms with Gasteiger partial charge in [0, 0.05) is 12.5 Å². The molecule has 1 N–H and O–H groups in total. The Balaban J connectivity index is 3.56. The molecular formula is C8H14N2O. The third-order valence-electron chi connectivity index (χ3n) is 1.33. The third kappa shape index (κ3) is 4.38. The highest BCUT2D eigenvalue weighted by Gasteiger charge is 2.07. The van der Waals surface area contributed by atoms with Crippen molar-refractivity contribution >= 4 is 5.91 Å². The SMILES string of the molecule is CC(C#N)CNC(=O)C(C)C. The molecule has 0 aliphatic heterocycles. The van der Waals surface area contributed by atoms with Gasteiger partial charge in [-0.3, -0.25) is 4.79 Å². The number of nitrogens with one attached hydrogen (secondary N) is 1. The van der Waals surface area contributed by atoms with Crippen LogP contribution in [0.1, 0.15) is 20.8 Å². The molecule has 0 aromatic heterocycles. The van der Waals surface area contributed by atoms with Gasteiger partial charge in [0.15, 0.2) is 0 Å². The van der Waals surface area contributed by atoms with E-state index in [1.165, 1.54) is 0 Å². The zero-order valence-electron chi connectivity index (χ0n) is 7.22. The van der Waals surface area contributed by atoms with Crippen LogP contribution in [0.2, 0.25) is 0 Å². The van der Waals surface area contributed by atoms with Gasteiger partial charge in [-0.25, -0.2) is 0 Å². The van der Waals surface area contributed by atoms with Crippen molar-refractivity contribution in [2.24, 2.45) is 11.8 Å². The minimum absolute atomic E-state index is 0.000827. The van der Waals surface area contributed by atoms with Gasteiger partial charge in [0.25, 0.3) is 0 Å². The summed E-state index contributed by atoms with van der Waals surface area (Å²) in [5, 5.41) is 11.1. The Kier molecular flexibility index (Phi) is 4.28. The molecule has 1 unspecified atom stereocenters. The minimum Gasteiger partial charge on any atom is -0.355 e. The summed E-state index contributed by atoms with van der Waals surface area (Å²) in [6.07, 6.45) is 0. The lowest BCUT2D eigenvalue weighted by Gasteiger charge is -2.07. The van der Waals surface area contributed by atoms with Crippen LogP contribution in [-0.2, 0) is 4.79 Å². The Labute approximate surface area is 67.4 Å². The van der Waals surface area contributed by atoms with E-state index in [2.05, 4.69) is 5.32 Å². The third-order valence-corrected chi connectivity index (χ3v) is 1.33. The molecule has 1 amide bonds. The number of nitrogens with zero attached hydrogens (tertiary/aromatic N) is 1. The fourth-order valence-electron chi connectivity index (χ4n) is 0.503. The first-order valence-electron chi connectivity index (χ1n) is 3.75. The van der Waals surface area contributed by atoms with E-state index in [0.29, 0.717) is 6.54 Å². The van der Waals surface area contributed by atoms with E-state index < -0.39 is 0 Å². The predicted octanol–water partition coefficient (Wildman–Crippen LogP) is 0.918. The molecule has 0 aromatic carbocycles. The van der Waals surface area contributed by atoms with Crippen LogP contribution in [0.25, 0.3) is 0 Å². The number of carbonyl (C=O) groups excluding carboxylic acids is 1. The Hall–Kier alpha value is -1.04. The van der Waals surface area contributed by atoms with Crippen LogP contribution in [0, 0.1) is 23.2 Å². The first kappa shape index (κ1) is 9.96. The van der Waals surface area contributed by atoms with Crippen molar-refractivity contribution in [3.63, 3.8) is 0 Å². The average molecular weight is 154 g/mol. The second-order valence-electron chi connectivity index (χ2n) is 2.93. The van der Waals surface area contributed by atoms with Crippen molar-refractivity contribution in [2.75, 3.05) is 6.54 Å². The van der Waals surface area contributed by atoms with Crippen molar-refractivity contribution in [1.82, 2.24) is 5.32 Å². The normalized spacial score (nSPS) is 12.3. The van der Waals surface area contributed by atoms with Gasteiger partial charge in [-0.05, 0) is 6.92 Å². The van der Waals surface area contributed by atoms with E-state index in [-0.39, 0.29) is 17.7 Å². The van der Waals surface area contributed by atoms with Gasteiger partial charge in [0.05, 0.1) is 12.0 Å². The van der Waals surface area contributed by atoms with Gasteiger partial charge in [0.2, 0.25) is 5.91 Å². The summed E-state index contributed by atoms with van der Waals surface area (Å²) in [6.45, 7) is 5.88. The molecule has 0 bridgehead atoms. The van der Waals surface area contributed by atoms with Crippen LogP contribution in [-0.4, -0.2) is 12.5 Å². The highest BCUT2D eigenvalue weighted by Crippen LogP contribution is 1.93. The predicted molar refractivity (Wildman–Crippen MR) is 42.6 cm³/mol. The smallest absolute Gasteiger partial charge is 0.222 e. The molecule has 3 nitrogen and oxygen atoms in total. The zero-order chi connectivity index (χ0) is 8.85. The molecule has 0 aliphatic carbocycles. The summed E-state index contributed by atoms with van der Waals surface area (Å²) in [4.78, 5) is 10.9. The summed E-state index contributed by atoms with van der Waals surface area (Å²) in [6, 6.07) is 2.04. The van der Waals surface area contributed by atoms with Crippen molar-refractivity contribution in [3.05, 3.63) is 0 Å². The Morgan fingerprint density at radius 1 is 1.55 bits per heavy atom. The summed E-state index contributed by atoms with van der Waals surface area (Å²) < 4.78 is 0. The van der Waals surface area contributed by atoms with Crippen LogP contribution in [0.3, 0.4) is 0 Å². The second-order valence-corrected chi connectivity index (χ2v) is 2.93. The van der Waals surface area contributed by atoms with Crippen molar-refractivity contribution in [1.29, 1.82) is 5.26 Å². The number of rotatable bonds is 3. The number of hydrogen-bond acceptors (Lipinski definition) is 2.